The topological polar surface area (TPSA) is 9.23 Å². The Hall–Kier alpha value is -1.38. The van der Waals surface area contributed by atoms with Crippen molar-refractivity contribution in [1.82, 2.24) is 0 Å². The van der Waals surface area contributed by atoms with Gasteiger partial charge in [-0.05, 0) is 62.5 Å². The number of unbranched alkanes of at least 4 members (excludes halogenated alkanes) is 3. The fourth-order valence-electron chi connectivity index (χ4n) is 3.58. The standard InChI is InChI=1S/C21H30F2O/c1-3-5-6-7-15-24-19-14-13-18(20(22)21(19)23)17-11-9-16(8-4-2)10-12-17/h4,8,13-14,16-17H,3,5-7,9-12,15H2,1-2H3. The Labute approximate surface area is 145 Å². The minimum atomic E-state index is -0.821. The molecule has 1 aliphatic carbocycles. The second kappa shape index (κ2) is 9.80. The van der Waals surface area contributed by atoms with Crippen LogP contribution in [0.25, 0.3) is 0 Å². The number of ether oxygens (including phenoxy) is 1. The van der Waals surface area contributed by atoms with Crippen LogP contribution >= 0.6 is 0 Å². The summed E-state index contributed by atoms with van der Waals surface area (Å²) in [5.74, 6) is -0.769. The normalized spacial score (nSPS) is 21.3. The summed E-state index contributed by atoms with van der Waals surface area (Å²) in [7, 11) is 0. The molecule has 0 radical (unpaired) electrons. The first-order valence-electron chi connectivity index (χ1n) is 9.40. The summed E-state index contributed by atoms with van der Waals surface area (Å²) in [6.45, 7) is 4.62. The molecule has 1 aliphatic rings. The maximum Gasteiger partial charge on any atom is 0.200 e. The molecule has 0 aromatic heterocycles. The van der Waals surface area contributed by atoms with Crippen molar-refractivity contribution in [2.24, 2.45) is 5.92 Å². The van der Waals surface area contributed by atoms with E-state index in [1.165, 1.54) is 0 Å². The zero-order chi connectivity index (χ0) is 17.4. The molecule has 3 heteroatoms. The van der Waals surface area contributed by atoms with E-state index >= 15 is 0 Å². The molecule has 0 heterocycles. The largest absolute Gasteiger partial charge is 0.490 e. The summed E-state index contributed by atoms with van der Waals surface area (Å²) in [5.41, 5.74) is 0.518. The number of allylic oxidation sites excluding steroid dienone is 2. The van der Waals surface area contributed by atoms with Crippen LogP contribution in [0.1, 0.15) is 76.7 Å². The van der Waals surface area contributed by atoms with Gasteiger partial charge in [-0.25, -0.2) is 4.39 Å². The van der Waals surface area contributed by atoms with Crippen molar-refractivity contribution in [3.05, 3.63) is 41.5 Å². The number of benzene rings is 1. The van der Waals surface area contributed by atoms with Crippen LogP contribution in [0.2, 0.25) is 0 Å². The molecule has 0 N–H and O–H groups in total. The van der Waals surface area contributed by atoms with Crippen molar-refractivity contribution in [1.29, 1.82) is 0 Å². The first kappa shape index (κ1) is 19.0. The van der Waals surface area contributed by atoms with Gasteiger partial charge in [0.05, 0.1) is 6.61 Å². The molecule has 1 fully saturated rings. The fraction of sp³-hybridized carbons (Fsp3) is 0.619. The zero-order valence-corrected chi connectivity index (χ0v) is 15.0. The molecule has 1 aromatic carbocycles. The van der Waals surface area contributed by atoms with E-state index in [-0.39, 0.29) is 11.7 Å². The average Bonchev–Trinajstić information content (AvgIpc) is 2.60. The van der Waals surface area contributed by atoms with Crippen LogP contribution in [0.4, 0.5) is 8.78 Å². The van der Waals surface area contributed by atoms with Crippen molar-refractivity contribution < 1.29 is 13.5 Å². The highest BCUT2D eigenvalue weighted by molar-refractivity contribution is 5.33. The lowest BCUT2D eigenvalue weighted by molar-refractivity contribution is 0.283. The highest BCUT2D eigenvalue weighted by atomic mass is 19.2. The van der Waals surface area contributed by atoms with Gasteiger partial charge in [0.15, 0.2) is 11.6 Å². The number of rotatable bonds is 8. The molecule has 0 saturated heterocycles. The molecule has 0 atom stereocenters. The van der Waals surface area contributed by atoms with E-state index in [0.717, 1.165) is 51.4 Å². The third-order valence-electron chi connectivity index (χ3n) is 5.01. The zero-order valence-electron chi connectivity index (χ0n) is 15.0. The number of hydrogen-bond donors (Lipinski definition) is 0. The Bertz CT molecular complexity index is 531. The van der Waals surface area contributed by atoms with Gasteiger partial charge >= 0.3 is 0 Å². The van der Waals surface area contributed by atoms with E-state index in [1.54, 1.807) is 12.1 Å². The Morgan fingerprint density at radius 1 is 1.04 bits per heavy atom. The van der Waals surface area contributed by atoms with Gasteiger partial charge in [0, 0.05) is 0 Å². The van der Waals surface area contributed by atoms with E-state index in [9.17, 15) is 8.78 Å². The molecule has 1 saturated carbocycles. The second-order valence-electron chi connectivity index (χ2n) is 6.83. The second-order valence-corrected chi connectivity index (χ2v) is 6.83. The van der Waals surface area contributed by atoms with E-state index in [4.69, 9.17) is 4.74 Å². The molecule has 2 rings (SSSR count). The fourth-order valence-corrected chi connectivity index (χ4v) is 3.58. The van der Waals surface area contributed by atoms with Crippen LogP contribution in [0, 0.1) is 17.6 Å². The van der Waals surface area contributed by atoms with Gasteiger partial charge in [0.25, 0.3) is 0 Å². The summed E-state index contributed by atoms with van der Waals surface area (Å²) in [4.78, 5) is 0. The molecule has 1 nitrogen and oxygen atoms in total. The number of hydrogen-bond acceptors (Lipinski definition) is 1. The van der Waals surface area contributed by atoms with Crippen molar-refractivity contribution in [3.63, 3.8) is 0 Å². The van der Waals surface area contributed by atoms with Crippen LogP contribution in [-0.4, -0.2) is 6.61 Å². The quantitative estimate of drug-likeness (QED) is 0.376. The van der Waals surface area contributed by atoms with Gasteiger partial charge in [-0.2, -0.15) is 4.39 Å². The maximum absolute atomic E-state index is 14.5. The Balaban J connectivity index is 1.94. The SMILES string of the molecule is CC=CC1CCC(c2ccc(OCCCCCC)c(F)c2F)CC1. The van der Waals surface area contributed by atoms with Gasteiger partial charge in [0.1, 0.15) is 0 Å². The van der Waals surface area contributed by atoms with Gasteiger partial charge in [-0.3, -0.25) is 0 Å². The highest BCUT2D eigenvalue weighted by Crippen LogP contribution is 2.39. The van der Waals surface area contributed by atoms with Crippen LogP contribution < -0.4 is 4.74 Å². The van der Waals surface area contributed by atoms with E-state index in [1.807, 2.05) is 6.92 Å². The van der Waals surface area contributed by atoms with Gasteiger partial charge in [-0.1, -0.05) is 44.4 Å². The average molecular weight is 336 g/mol. The third-order valence-corrected chi connectivity index (χ3v) is 5.01. The van der Waals surface area contributed by atoms with Crippen LogP contribution in [0.3, 0.4) is 0 Å². The molecule has 0 bridgehead atoms. The third kappa shape index (κ3) is 5.06. The van der Waals surface area contributed by atoms with Crippen LogP contribution in [-0.2, 0) is 0 Å². The van der Waals surface area contributed by atoms with Crippen molar-refractivity contribution in [2.75, 3.05) is 6.61 Å². The Morgan fingerprint density at radius 3 is 2.46 bits per heavy atom. The minimum Gasteiger partial charge on any atom is -0.490 e. The van der Waals surface area contributed by atoms with E-state index in [0.29, 0.717) is 18.1 Å². The summed E-state index contributed by atoms with van der Waals surface area (Å²) >= 11 is 0. The summed E-state index contributed by atoms with van der Waals surface area (Å²) in [6, 6.07) is 3.33. The molecule has 1 aromatic rings. The summed E-state index contributed by atoms with van der Waals surface area (Å²) in [5, 5.41) is 0. The van der Waals surface area contributed by atoms with Gasteiger partial charge in [0.2, 0.25) is 5.82 Å². The molecule has 0 unspecified atom stereocenters. The Kier molecular flexibility index (Phi) is 7.74. The maximum atomic E-state index is 14.5. The molecular weight excluding hydrogens is 306 g/mol. The van der Waals surface area contributed by atoms with E-state index in [2.05, 4.69) is 19.1 Å². The first-order chi connectivity index (χ1) is 11.7. The molecule has 0 aliphatic heterocycles. The smallest absolute Gasteiger partial charge is 0.200 e. The van der Waals surface area contributed by atoms with E-state index < -0.39 is 11.6 Å². The Morgan fingerprint density at radius 2 is 1.79 bits per heavy atom. The van der Waals surface area contributed by atoms with Crippen molar-refractivity contribution in [2.45, 2.75) is 71.1 Å². The van der Waals surface area contributed by atoms with Gasteiger partial charge in [-0.15, -0.1) is 0 Å². The molecular formula is C21H30F2O. The molecule has 134 valence electrons. The molecule has 0 spiro atoms. The van der Waals surface area contributed by atoms with Crippen LogP contribution in [0.5, 0.6) is 5.75 Å². The number of halogens is 2. The lowest BCUT2D eigenvalue weighted by Crippen LogP contribution is -2.14. The predicted octanol–water partition coefficient (Wildman–Crippen LogP) is 6.77. The lowest BCUT2D eigenvalue weighted by Gasteiger charge is -2.27. The van der Waals surface area contributed by atoms with Gasteiger partial charge < -0.3 is 4.74 Å². The van der Waals surface area contributed by atoms with Crippen molar-refractivity contribution >= 4 is 0 Å². The van der Waals surface area contributed by atoms with Crippen molar-refractivity contribution in [3.8, 4) is 5.75 Å². The highest BCUT2D eigenvalue weighted by Gasteiger charge is 2.25. The predicted molar refractivity (Wildman–Crippen MR) is 95.5 cm³/mol. The first-order valence-corrected chi connectivity index (χ1v) is 9.40. The lowest BCUT2D eigenvalue weighted by atomic mass is 9.78. The minimum absolute atomic E-state index is 0.0513. The summed E-state index contributed by atoms with van der Waals surface area (Å²) in [6.07, 6.45) is 12.5. The molecule has 0 amide bonds. The van der Waals surface area contributed by atoms with Crippen LogP contribution in [0.15, 0.2) is 24.3 Å². The summed E-state index contributed by atoms with van der Waals surface area (Å²) < 4.78 is 34.2. The monoisotopic (exact) mass is 336 g/mol. The molecule has 24 heavy (non-hydrogen) atoms.